The molecule has 1 aromatic carbocycles. The van der Waals surface area contributed by atoms with E-state index in [1.807, 2.05) is 18.6 Å². The van der Waals surface area contributed by atoms with E-state index in [2.05, 4.69) is 36.3 Å². The average Bonchev–Trinajstić information content (AvgIpc) is 2.82. The van der Waals surface area contributed by atoms with Crippen LogP contribution in [0.1, 0.15) is 27.7 Å². The number of thiazole rings is 1. The summed E-state index contributed by atoms with van der Waals surface area (Å²) < 4.78 is 5.45. The van der Waals surface area contributed by atoms with Gasteiger partial charge in [0.1, 0.15) is 5.75 Å². The zero-order valence-electron chi connectivity index (χ0n) is 11.9. The Labute approximate surface area is 118 Å². The van der Waals surface area contributed by atoms with E-state index in [1.54, 1.807) is 18.4 Å². The molecule has 0 saturated heterocycles. The van der Waals surface area contributed by atoms with Crippen molar-refractivity contribution in [3.63, 3.8) is 0 Å². The minimum atomic E-state index is 0.281. The van der Waals surface area contributed by atoms with Gasteiger partial charge in [-0.25, -0.2) is 4.98 Å². The fourth-order valence-corrected chi connectivity index (χ4v) is 3.17. The molecule has 3 nitrogen and oxygen atoms in total. The average molecular weight is 276 g/mol. The summed E-state index contributed by atoms with van der Waals surface area (Å²) in [7, 11) is 3.71. The maximum absolute atomic E-state index is 5.45. The summed E-state index contributed by atoms with van der Waals surface area (Å²) in [4.78, 5) is 5.63. The predicted molar refractivity (Wildman–Crippen MR) is 80.1 cm³/mol. The molecule has 1 aromatic heterocycles. The molecule has 0 bridgehead atoms. The number of aryl methyl sites for hydroxylation is 2. The standard InChI is InChI=1S/C15H20N2OS/c1-10-5-6-14(18-4)12(7-10)8-13(16-3)15-11(2)17-9-19-15/h5-7,9,13,16H,8H2,1-4H3. The topological polar surface area (TPSA) is 34.1 Å². The van der Waals surface area contributed by atoms with Crippen LogP contribution in [0.3, 0.4) is 0 Å². The first-order valence-corrected chi connectivity index (χ1v) is 7.24. The molecule has 1 unspecified atom stereocenters. The molecular weight excluding hydrogens is 256 g/mol. The second kappa shape index (κ2) is 6.17. The lowest BCUT2D eigenvalue weighted by Crippen LogP contribution is -2.19. The monoisotopic (exact) mass is 276 g/mol. The van der Waals surface area contributed by atoms with Crippen LogP contribution in [0.5, 0.6) is 5.75 Å². The summed E-state index contributed by atoms with van der Waals surface area (Å²) >= 11 is 1.70. The van der Waals surface area contributed by atoms with Gasteiger partial charge in [0.15, 0.2) is 0 Å². The van der Waals surface area contributed by atoms with Crippen molar-refractivity contribution in [1.29, 1.82) is 0 Å². The van der Waals surface area contributed by atoms with Crippen LogP contribution in [-0.4, -0.2) is 19.1 Å². The zero-order valence-corrected chi connectivity index (χ0v) is 12.7. The van der Waals surface area contributed by atoms with E-state index in [9.17, 15) is 0 Å². The second-order valence-corrected chi connectivity index (χ2v) is 5.55. The first-order chi connectivity index (χ1) is 9.15. The molecule has 0 aliphatic heterocycles. The lowest BCUT2D eigenvalue weighted by molar-refractivity contribution is 0.406. The molecule has 1 atom stereocenters. The fraction of sp³-hybridized carbons (Fsp3) is 0.400. The smallest absolute Gasteiger partial charge is 0.122 e. The number of nitrogens with zero attached hydrogens (tertiary/aromatic N) is 1. The van der Waals surface area contributed by atoms with E-state index in [0.717, 1.165) is 17.9 Å². The Balaban J connectivity index is 2.28. The molecule has 4 heteroatoms. The number of aromatic nitrogens is 1. The van der Waals surface area contributed by atoms with Gasteiger partial charge in [-0.2, -0.15) is 0 Å². The van der Waals surface area contributed by atoms with Crippen molar-refractivity contribution in [2.75, 3.05) is 14.2 Å². The Hall–Kier alpha value is -1.39. The molecule has 0 saturated carbocycles. The van der Waals surface area contributed by atoms with Crippen LogP contribution in [0.4, 0.5) is 0 Å². The SMILES string of the molecule is CNC(Cc1cc(C)ccc1OC)c1scnc1C. The van der Waals surface area contributed by atoms with Crippen molar-refractivity contribution in [2.24, 2.45) is 0 Å². The molecule has 0 spiro atoms. The number of benzene rings is 1. The van der Waals surface area contributed by atoms with Crippen molar-refractivity contribution in [1.82, 2.24) is 10.3 Å². The van der Waals surface area contributed by atoms with Crippen molar-refractivity contribution in [3.05, 3.63) is 45.4 Å². The lowest BCUT2D eigenvalue weighted by Gasteiger charge is -2.17. The minimum Gasteiger partial charge on any atom is -0.496 e. The third kappa shape index (κ3) is 3.14. The quantitative estimate of drug-likeness (QED) is 0.910. The minimum absolute atomic E-state index is 0.281. The maximum Gasteiger partial charge on any atom is 0.122 e. The molecule has 0 radical (unpaired) electrons. The van der Waals surface area contributed by atoms with Gasteiger partial charge in [0.05, 0.1) is 18.3 Å². The van der Waals surface area contributed by atoms with E-state index >= 15 is 0 Å². The Kier molecular flexibility index (Phi) is 4.56. The number of ether oxygens (including phenoxy) is 1. The van der Waals surface area contributed by atoms with Crippen molar-refractivity contribution in [2.45, 2.75) is 26.3 Å². The number of nitrogens with one attached hydrogen (secondary N) is 1. The molecule has 0 aliphatic rings. The summed E-state index contributed by atoms with van der Waals surface area (Å²) in [5, 5.41) is 3.38. The summed E-state index contributed by atoms with van der Waals surface area (Å²) in [5.74, 6) is 0.952. The van der Waals surface area contributed by atoms with Gasteiger partial charge in [0.2, 0.25) is 0 Å². The number of hydrogen-bond donors (Lipinski definition) is 1. The van der Waals surface area contributed by atoms with Gasteiger partial charge in [-0.1, -0.05) is 17.7 Å². The third-order valence-corrected chi connectivity index (χ3v) is 4.35. The van der Waals surface area contributed by atoms with Gasteiger partial charge in [0.25, 0.3) is 0 Å². The Morgan fingerprint density at radius 3 is 2.74 bits per heavy atom. The molecule has 1 heterocycles. The van der Waals surface area contributed by atoms with Gasteiger partial charge < -0.3 is 10.1 Å². The molecule has 0 fully saturated rings. The van der Waals surface area contributed by atoms with Crippen molar-refractivity contribution in [3.8, 4) is 5.75 Å². The summed E-state index contributed by atoms with van der Waals surface area (Å²) in [6, 6.07) is 6.59. The Morgan fingerprint density at radius 2 is 2.16 bits per heavy atom. The van der Waals surface area contributed by atoms with Gasteiger partial charge in [-0.05, 0) is 38.9 Å². The van der Waals surface area contributed by atoms with Crippen LogP contribution in [0, 0.1) is 13.8 Å². The first kappa shape index (κ1) is 14.0. The fourth-order valence-electron chi connectivity index (χ4n) is 2.26. The van der Waals surface area contributed by atoms with Gasteiger partial charge in [0, 0.05) is 10.9 Å². The second-order valence-electron chi connectivity index (χ2n) is 4.66. The number of methoxy groups -OCH3 is 1. The van der Waals surface area contributed by atoms with Gasteiger partial charge in [-0.3, -0.25) is 0 Å². The molecule has 19 heavy (non-hydrogen) atoms. The number of likely N-dealkylation sites (N-methyl/N-ethyl adjacent to an activating group) is 1. The van der Waals surface area contributed by atoms with Crippen LogP contribution in [-0.2, 0) is 6.42 Å². The molecule has 2 aromatic rings. The molecule has 0 amide bonds. The Morgan fingerprint density at radius 1 is 1.37 bits per heavy atom. The van der Waals surface area contributed by atoms with Crippen LogP contribution >= 0.6 is 11.3 Å². The highest BCUT2D eigenvalue weighted by Crippen LogP contribution is 2.29. The summed E-state index contributed by atoms with van der Waals surface area (Å²) in [6.45, 7) is 4.17. The predicted octanol–water partition coefficient (Wildman–Crippen LogP) is 3.27. The van der Waals surface area contributed by atoms with Crippen LogP contribution in [0.2, 0.25) is 0 Å². The highest BCUT2D eigenvalue weighted by atomic mass is 32.1. The van der Waals surface area contributed by atoms with E-state index in [4.69, 9.17) is 4.74 Å². The largest absolute Gasteiger partial charge is 0.496 e. The maximum atomic E-state index is 5.45. The lowest BCUT2D eigenvalue weighted by atomic mass is 10.0. The van der Waals surface area contributed by atoms with Crippen LogP contribution in [0.25, 0.3) is 0 Å². The zero-order chi connectivity index (χ0) is 13.8. The van der Waals surface area contributed by atoms with Crippen LogP contribution < -0.4 is 10.1 Å². The van der Waals surface area contributed by atoms with E-state index < -0.39 is 0 Å². The van der Waals surface area contributed by atoms with Gasteiger partial charge >= 0.3 is 0 Å². The first-order valence-electron chi connectivity index (χ1n) is 6.36. The normalized spacial score (nSPS) is 12.4. The third-order valence-electron chi connectivity index (χ3n) is 3.31. The summed E-state index contributed by atoms with van der Waals surface area (Å²) in [6.07, 6.45) is 0.907. The number of hydrogen-bond acceptors (Lipinski definition) is 4. The molecule has 1 N–H and O–H groups in total. The van der Waals surface area contributed by atoms with Crippen LogP contribution in [0.15, 0.2) is 23.7 Å². The Bertz CT molecular complexity index is 551. The van der Waals surface area contributed by atoms with Gasteiger partial charge in [-0.15, -0.1) is 11.3 Å². The molecule has 102 valence electrons. The number of rotatable bonds is 5. The van der Waals surface area contributed by atoms with E-state index in [1.165, 1.54) is 16.0 Å². The molecule has 0 aliphatic carbocycles. The molecule has 2 rings (SSSR count). The summed E-state index contributed by atoms with van der Waals surface area (Å²) in [5.41, 5.74) is 5.50. The highest BCUT2D eigenvalue weighted by molar-refractivity contribution is 7.09. The highest BCUT2D eigenvalue weighted by Gasteiger charge is 2.17. The van der Waals surface area contributed by atoms with E-state index in [-0.39, 0.29) is 6.04 Å². The van der Waals surface area contributed by atoms with Crippen molar-refractivity contribution < 1.29 is 4.74 Å². The van der Waals surface area contributed by atoms with E-state index in [0.29, 0.717) is 0 Å². The van der Waals surface area contributed by atoms with Crippen molar-refractivity contribution >= 4 is 11.3 Å². The molecular formula is C15H20N2OS.